The number of hydrogen-bond donors (Lipinski definition) is 0. The summed E-state index contributed by atoms with van der Waals surface area (Å²) >= 11 is 0. The quantitative estimate of drug-likeness (QED) is 0.694. The van der Waals surface area contributed by atoms with Gasteiger partial charge >= 0.3 is 6.09 Å². The maximum absolute atomic E-state index is 11.7. The number of carbonyl (C=O) groups is 1. The number of hydrogen-bond acceptors (Lipinski definition) is 4. The molecule has 1 atom stereocenters. The minimum absolute atomic E-state index is 0.322. The zero-order valence-corrected chi connectivity index (χ0v) is 12.3. The van der Waals surface area contributed by atoms with Crippen molar-refractivity contribution in [3.8, 4) is 0 Å². The smallest absolute Gasteiger partial charge is 0.410 e. The lowest BCUT2D eigenvalue weighted by Crippen LogP contribution is -2.69. The molecule has 18 heavy (non-hydrogen) atoms. The van der Waals surface area contributed by atoms with Gasteiger partial charge in [-0.15, -0.1) is 0 Å². The van der Waals surface area contributed by atoms with Crippen molar-refractivity contribution in [3.63, 3.8) is 0 Å². The van der Waals surface area contributed by atoms with Crippen LogP contribution in [-0.2, 0) is 13.8 Å². The van der Waals surface area contributed by atoms with E-state index in [1.807, 2.05) is 0 Å². The molecular formula is C11H18ClNO4S. The van der Waals surface area contributed by atoms with Crippen molar-refractivity contribution in [2.75, 3.05) is 13.1 Å². The molecule has 1 aliphatic carbocycles. The Morgan fingerprint density at radius 1 is 1.39 bits per heavy atom. The molecule has 1 heterocycles. The second-order valence-electron chi connectivity index (χ2n) is 6.20. The maximum Gasteiger partial charge on any atom is 0.410 e. The summed E-state index contributed by atoms with van der Waals surface area (Å²) in [5, 5.41) is -0.509. The Hall–Kier alpha value is -0.490. The molecule has 1 spiro atoms. The van der Waals surface area contributed by atoms with Gasteiger partial charge in [-0.2, -0.15) is 0 Å². The topological polar surface area (TPSA) is 63.7 Å². The zero-order chi connectivity index (χ0) is 13.8. The van der Waals surface area contributed by atoms with Gasteiger partial charge in [-0.3, -0.25) is 0 Å². The molecule has 1 aliphatic heterocycles. The van der Waals surface area contributed by atoms with Crippen molar-refractivity contribution in [2.24, 2.45) is 5.41 Å². The third kappa shape index (κ3) is 2.45. The van der Waals surface area contributed by atoms with Gasteiger partial charge in [0.05, 0.1) is 5.25 Å². The molecule has 0 radical (unpaired) electrons. The second kappa shape index (κ2) is 4.00. The van der Waals surface area contributed by atoms with Crippen LogP contribution in [0.2, 0.25) is 0 Å². The van der Waals surface area contributed by atoms with Gasteiger partial charge in [-0.1, -0.05) is 0 Å². The SMILES string of the molecule is CC(C)(C)OC(=O)N1CC2(CCC2S(=O)(=O)Cl)C1. The van der Waals surface area contributed by atoms with Crippen molar-refractivity contribution < 1.29 is 17.9 Å². The maximum atomic E-state index is 11.7. The molecule has 0 aromatic rings. The van der Waals surface area contributed by atoms with E-state index in [4.69, 9.17) is 15.4 Å². The van der Waals surface area contributed by atoms with Crippen molar-refractivity contribution in [3.05, 3.63) is 0 Å². The van der Waals surface area contributed by atoms with Crippen LogP contribution in [0.4, 0.5) is 4.79 Å². The molecule has 1 amide bonds. The molecule has 0 bridgehead atoms. The number of likely N-dealkylation sites (tertiary alicyclic amines) is 1. The highest BCUT2D eigenvalue weighted by molar-refractivity contribution is 8.14. The fraction of sp³-hybridized carbons (Fsp3) is 0.909. The molecule has 0 aromatic carbocycles. The van der Waals surface area contributed by atoms with Crippen LogP contribution >= 0.6 is 10.7 Å². The van der Waals surface area contributed by atoms with E-state index in [0.29, 0.717) is 19.5 Å². The number of halogens is 1. The highest BCUT2D eigenvalue weighted by atomic mass is 35.7. The number of nitrogens with zero attached hydrogens (tertiary/aromatic N) is 1. The van der Waals surface area contributed by atoms with Gasteiger partial charge in [0.2, 0.25) is 9.05 Å². The van der Waals surface area contributed by atoms with Gasteiger partial charge < -0.3 is 9.64 Å². The van der Waals surface area contributed by atoms with E-state index in [-0.39, 0.29) is 11.5 Å². The molecule has 0 N–H and O–H groups in total. The van der Waals surface area contributed by atoms with E-state index in [0.717, 1.165) is 6.42 Å². The monoisotopic (exact) mass is 295 g/mol. The fourth-order valence-corrected chi connectivity index (χ4v) is 4.74. The van der Waals surface area contributed by atoms with Crippen LogP contribution in [0.15, 0.2) is 0 Å². The molecule has 104 valence electrons. The lowest BCUT2D eigenvalue weighted by molar-refractivity contribution is -0.0655. The van der Waals surface area contributed by atoms with Gasteiger partial charge in [0.1, 0.15) is 5.60 Å². The standard InChI is InChI=1S/C11H18ClNO4S/c1-10(2,3)17-9(14)13-6-11(7-13)5-4-8(11)18(12,15)16/h8H,4-7H2,1-3H3. The largest absolute Gasteiger partial charge is 0.444 e. The number of carbonyl (C=O) groups excluding carboxylic acids is 1. The van der Waals surface area contributed by atoms with E-state index in [1.165, 1.54) is 0 Å². The van der Waals surface area contributed by atoms with Crippen LogP contribution in [0, 0.1) is 5.41 Å². The van der Waals surface area contributed by atoms with Gasteiger partial charge in [-0.05, 0) is 33.6 Å². The van der Waals surface area contributed by atoms with Crippen LogP contribution in [0.1, 0.15) is 33.6 Å². The molecule has 7 heteroatoms. The Labute approximate surface area is 112 Å². The van der Waals surface area contributed by atoms with Crippen LogP contribution in [0.3, 0.4) is 0 Å². The van der Waals surface area contributed by atoms with Crippen LogP contribution < -0.4 is 0 Å². The predicted octanol–water partition coefficient (Wildman–Crippen LogP) is 1.95. The summed E-state index contributed by atoms with van der Waals surface area (Å²) in [6.07, 6.45) is 1.02. The summed E-state index contributed by atoms with van der Waals surface area (Å²) in [6.45, 7) is 6.26. The Bertz CT molecular complexity index is 462. The lowest BCUT2D eigenvalue weighted by Gasteiger charge is -2.58. The summed E-state index contributed by atoms with van der Waals surface area (Å²) in [7, 11) is 1.88. The summed E-state index contributed by atoms with van der Waals surface area (Å²) < 4.78 is 27.9. The van der Waals surface area contributed by atoms with Gasteiger partial charge in [0.15, 0.2) is 0 Å². The molecule has 2 aliphatic rings. The van der Waals surface area contributed by atoms with Crippen molar-refractivity contribution in [1.29, 1.82) is 0 Å². The molecule has 2 fully saturated rings. The third-order valence-electron chi connectivity index (χ3n) is 3.59. The first-order valence-electron chi connectivity index (χ1n) is 5.95. The van der Waals surface area contributed by atoms with Crippen LogP contribution in [-0.4, -0.2) is 43.4 Å². The van der Waals surface area contributed by atoms with E-state index in [9.17, 15) is 13.2 Å². The third-order valence-corrected chi connectivity index (χ3v) is 5.65. The normalized spacial score (nSPS) is 26.4. The highest BCUT2D eigenvalue weighted by Gasteiger charge is 2.60. The summed E-state index contributed by atoms with van der Waals surface area (Å²) in [6, 6.07) is 0. The molecule has 5 nitrogen and oxygen atoms in total. The Morgan fingerprint density at radius 3 is 2.28 bits per heavy atom. The van der Waals surface area contributed by atoms with Gasteiger partial charge in [-0.25, -0.2) is 13.2 Å². The van der Waals surface area contributed by atoms with E-state index in [1.54, 1.807) is 25.7 Å². The molecular weight excluding hydrogens is 278 g/mol. The molecule has 1 saturated carbocycles. The van der Waals surface area contributed by atoms with Crippen molar-refractivity contribution >= 4 is 25.8 Å². The molecule has 2 rings (SSSR count). The minimum Gasteiger partial charge on any atom is -0.444 e. The van der Waals surface area contributed by atoms with Crippen LogP contribution in [0.25, 0.3) is 0 Å². The number of amides is 1. The average Bonchev–Trinajstić information content (AvgIpc) is 1.90. The van der Waals surface area contributed by atoms with Crippen molar-refractivity contribution in [1.82, 2.24) is 4.90 Å². The van der Waals surface area contributed by atoms with Gasteiger partial charge in [0, 0.05) is 29.2 Å². The van der Waals surface area contributed by atoms with Crippen LogP contribution in [0.5, 0.6) is 0 Å². The number of ether oxygens (including phenoxy) is 1. The molecule has 1 unspecified atom stereocenters. The average molecular weight is 296 g/mol. The van der Waals surface area contributed by atoms with E-state index in [2.05, 4.69) is 0 Å². The Morgan fingerprint density at radius 2 is 1.94 bits per heavy atom. The fourth-order valence-electron chi connectivity index (χ4n) is 2.64. The first-order chi connectivity index (χ1) is 8.04. The Balaban J connectivity index is 1.93. The van der Waals surface area contributed by atoms with Crippen molar-refractivity contribution in [2.45, 2.75) is 44.5 Å². The molecule has 0 aromatic heterocycles. The first-order valence-corrected chi connectivity index (χ1v) is 8.32. The second-order valence-corrected chi connectivity index (χ2v) is 9.01. The Kier molecular flexibility index (Phi) is 3.10. The lowest BCUT2D eigenvalue weighted by atomic mass is 9.63. The van der Waals surface area contributed by atoms with E-state index < -0.39 is 19.9 Å². The molecule has 1 saturated heterocycles. The minimum atomic E-state index is -3.53. The summed E-state index contributed by atoms with van der Waals surface area (Å²) in [5.41, 5.74) is -0.852. The highest BCUT2D eigenvalue weighted by Crippen LogP contribution is 2.52. The zero-order valence-electron chi connectivity index (χ0n) is 10.8. The summed E-state index contributed by atoms with van der Waals surface area (Å²) in [5.74, 6) is 0. The first kappa shape index (κ1) is 13.9. The van der Waals surface area contributed by atoms with Gasteiger partial charge in [0.25, 0.3) is 0 Å². The summed E-state index contributed by atoms with van der Waals surface area (Å²) in [4.78, 5) is 13.3. The van der Waals surface area contributed by atoms with E-state index >= 15 is 0 Å². The number of rotatable bonds is 1. The predicted molar refractivity (Wildman–Crippen MR) is 68.0 cm³/mol.